The summed E-state index contributed by atoms with van der Waals surface area (Å²) in [5.41, 5.74) is 0.579. The van der Waals surface area contributed by atoms with Crippen molar-refractivity contribution < 1.29 is 4.74 Å². The van der Waals surface area contributed by atoms with Gasteiger partial charge in [0.1, 0.15) is 11.9 Å². The summed E-state index contributed by atoms with van der Waals surface area (Å²) in [5, 5.41) is 3.51. The van der Waals surface area contributed by atoms with E-state index in [2.05, 4.69) is 17.1 Å². The van der Waals surface area contributed by atoms with Crippen LogP contribution in [0.5, 0.6) is 5.75 Å². The lowest BCUT2D eigenvalue weighted by molar-refractivity contribution is 0.129. The van der Waals surface area contributed by atoms with Crippen molar-refractivity contribution >= 4 is 5.96 Å². The lowest BCUT2D eigenvalue weighted by atomic mass is 10.0. The molecule has 1 aromatic carbocycles. The molecule has 0 spiro atoms. The molecule has 0 aromatic heterocycles. The van der Waals surface area contributed by atoms with Gasteiger partial charge in [-0.1, -0.05) is 18.2 Å². The molecular weight excluding hydrogens is 310 g/mol. The molecular formula is C21H31N3O. The molecule has 1 aliphatic heterocycles. The molecule has 25 heavy (non-hydrogen) atoms. The Morgan fingerprint density at radius 3 is 2.48 bits per heavy atom. The highest BCUT2D eigenvalue weighted by molar-refractivity contribution is 5.80. The summed E-state index contributed by atoms with van der Waals surface area (Å²) in [4.78, 5) is 7.46. The predicted molar refractivity (Wildman–Crippen MR) is 102 cm³/mol. The van der Waals surface area contributed by atoms with Gasteiger partial charge in [-0.25, -0.2) is 0 Å². The standard InChI is InChI=1S/C21H31N3O/c1-2-22-20(23-16-21(12-13-21)17-8-9-17)24-14-10-19(11-15-24)25-18-6-4-3-5-7-18/h3-7,17,19H,2,8-16H2,1H3,(H,22,23). The minimum atomic E-state index is 0.322. The van der Waals surface area contributed by atoms with E-state index in [1.807, 2.05) is 30.3 Å². The molecule has 136 valence electrons. The molecule has 1 saturated heterocycles. The second kappa shape index (κ2) is 7.27. The van der Waals surface area contributed by atoms with Crippen LogP contribution in [0.25, 0.3) is 0 Å². The Labute approximate surface area is 151 Å². The largest absolute Gasteiger partial charge is 0.490 e. The molecule has 0 atom stereocenters. The van der Waals surface area contributed by atoms with Gasteiger partial charge in [-0.15, -0.1) is 0 Å². The van der Waals surface area contributed by atoms with Gasteiger partial charge in [0.25, 0.3) is 0 Å². The number of ether oxygens (including phenoxy) is 1. The highest BCUT2D eigenvalue weighted by Crippen LogP contribution is 2.61. The van der Waals surface area contributed by atoms with E-state index in [1.165, 1.54) is 25.7 Å². The highest BCUT2D eigenvalue weighted by Gasteiger charge is 2.53. The number of guanidine groups is 1. The quantitative estimate of drug-likeness (QED) is 0.633. The summed E-state index contributed by atoms with van der Waals surface area (Å²) in [6, 6.07) is 10.2. The molecule has 4 heteroatoms. The van der Waals surface area contributed by atoms with Crippen LogP contribution < -0.4 is 10.1 Å². The van der Waals surface area contributed by atoms with Crippen LogP contribution in [0.1, 0.15) is 45.4 Å². The maximum absolute atomic E-state index is 6.12. The molecule has 3 aliphatic rings. The zero-order valence-corrected chi connectivity index (χ0v) is 15.4. The van der Waals surface area contributed by atoms with Crippen molar-refractivity contribution in [2.45, 2.75) is 51.6 Å². The molecule has 2 saturated carbocycles. The number of benzene rings is 1. The van der Waals surface area contributed by atoms with Gasteiger partial charge in [0.05, 0.1) is 0 Å². The lowest BCUT2D eigenvalue weighted by Crippen LogP contribution is -2.47. The first kappa shape index (κ1) is 16.7. The van der Waals surface area contributed by atoms with Crippen LogP contribution in [0.3, 0.4) is 0 Å². The summed E-state index contributed by atoms with van der Waals surface area (Å²) >= 11 is 0. The van der Waals surface area contributed by atoms with Crippen LogP contribution in [0, 0.1) is 11.3 Å². The zero-order valence-electron chi connectivity index (χ0n) is 15.4. The van der Waals surface area contributed by atoms with Gasteiger partial charge in [-0.05, 0) is 56.1 Å². The first-order valence-corrected chi connectivity index (χ1v) is 10.0. The Bertz CT molecular complexity index is 584. The van der Waals surface area contributed by atoms with Gasteiger partial charge in [-0.2, -0.15) is 0 Å². The van der Waals surface area contributed by atoms with Gasteiger partial charge in [-0.3, -0.25) is 4.99 Å². The summed E-state index contributed by atoms with van der Waals surface area (Å²) in [5.74, 6) is 3.08. The third-order valence-corrected chi connectivity index (χ3v) is 6.00. The maximum atomic E-state index is 6.12. The number of rotatable bonds is 6. The Hall–Kier alpha value is -1.71. The summed E-state index contributed by atoms with van der Waals surface area (Å²) in [6.07, 6.45) is 8.12. The van der Waals surface area contributed by atoms with Crippen molar-refractivity contribution in [3.05, 3.63) is 30.3 Å². The fourth-order valence-electron chi connectivity index (χ4n) is 4.09. The summed E-state index contributed by atoms with van der Waals surface area (Å²) in [6.45, 7) is 6.18. The monoisotopic (exact) mass is 341 g/mol. The highest BCUT2D eigenvalue weighted by atomic mass is 16.5. The normalized spacial score (nSPS) is 23.4. The Balaban J connectivity index is 1.31. The van der Waals surface area contributed by atoms with Gasteiger partial charge >= 0.3 is 0 Å². The molecule has 1 heterocycles. The number of likely N-dealkylation sites (tertiary alicyclic amines) is 1. The van der Waals surface area contributed by atoms with Crippen molar-refractivity contribution in [2.75, 3.05) is 26.2 Å². The predicted octanol–water partition coefficient (Wildman–Crippen LogP) is 3.69. The van der Waals surface area contributed by atoms with Crippen molar-refractivity contribution in [3.8, 4) is 5.75 Å². The van der Waals surface area contributed by atoms with Crippen molar-refractivity contribution in [3.63, 3.8) is 0 Å². The van der Waals surface area contributed by atoms with Crippen LogP contribution >= 0.6 is 0 Å². The van der Waals surface area contributed by atoms with E-state index in [1.54, 1.807) is 0 Å². The number of para-hydroxylation sites is 1. The van der Waals surface area contributed by atoms with Crippen LogP contribution in [-0.4, -0.2) is 43.1 Å². The first-order valence-electron chi connectivity index (χ1n) is 10.0. The number of piperidine rings is 1. The van der Waals surface area contributed by atoms with Gasteiger partial charge in [0.2, 0.25) is 0 Å². The molecule has 0 bridgehead atoms. The molecule has 3 fully saturated rings. The molecule has 0 amide bonds. The van der Waals surface area contributed by atoms with E-state index in [9.17, 15) is 0 Å². The molecule has 0 radical (unpaired) electrons. The number of nitrogens with zero attached hydrogens (tertiary/aromatic N) is 2. The Kier molecular flexibility index (Phi) is 4.87. The third-order valence-electron chi connectivity index (χ3n) is 6.00. The Morgan fingerprint density at radius 2 is 1.88 bits per heavy atom. The summed E-state index contributed by atoms with van der Waals surface area (Å²) < 4.78 is 6.12. The van der Waals surface area contributed by atoms with Crippen molar-refractivity contribution in [1.29, 1.82) is 0 Å². The lowest BCUT2D eigenvalue weighted by Gasteiger charge is -2.34. The number of nitrogens with one attached hydrogen (secondary N) is 1. The van der Waals surface area contributed by atoms with Gasteiger partial charge < -0.3 is 15.0 Å². The average molecular weight is 341 g/mol. The molecule has 1 aromatic rings. The first-order chi connectivity index (χ1) is 12.3. The molecule has 2 aliphatic carbocycles. The molecule has 1 N–H and O–H groups in total. The Morgan fingerprint density at radius 1 is 1.16 bits per heavy atom. The smallest absolute Gasteiger partial charge is 0.193 e. The average Bonchev–Trinajstić information content (AvgIpc) is 3.54. The van der Waals surface area contributed by atoms with Gasteiger partial charge in [0.15, 0.2) is 5.96 Å². The van der Waals surface area contributed by atoms with Crippen LogP contribution in [0.15, 0.2) is 35.3 Å². The minimum absolute atomic E-state index is 0.322. The van der Waals surface area contributed by atoms with E-state index < -0.39 is 0 Å². The van der Waals surface area contributed by atoms with E-state index in [0.717, 1.165) is 56.6 Å². The van der Waals surface area contributed by atoms with Crippen LogP contribution in [0.4, 0.5) is 0 Å². The SMILES string of the molecule is CCNC(=NCC1(C2CC2)CC1)N1CCC(Oc2ccccc2)CC1. The fourth-order valence-corrected chi connectivity index (χ4v) is 4.09. The minimum Gasteiger partial charge on any atom is -0.490 e. The van der Waals surface area contributed by atoms with E-state index in [-0.39, 0.29) is 0 Å². The van der Waals surface area contributed by atoms with Gasteiger partial charge in [0, 0.05) is 39.0 Å². The number of hydrogen-bond donors (Lipinski definition) is 1. The van der Waals surface area contributed by atoms with Crippen molar-refractivity contribution in [2.24, 2.45) is 16.3 Å². The zero-order chi connectivity index (χ0) is 17.1. The fraction of sp³-hybridized carbons (Fsp3) is 0.667. The van der Waals surface area contributed by atoms with E-state index in [4.69, 9.17) is 9.73 Å². The van der Waals surface area contributed by atoms with Crippen LogP contribution in [-0.2, 0) is 0 Å². The van der Waals surface area contributed by atoms with E-state index >= 15 is 0 Å². The second-order valence-corrected chi connectivity index (χ2v) is 7.92. The number of aliphatic imine (C=N–C) groups is 1. The topological polar surface area (TPSA) is 36.9 Å². The van der Waals surface area contributed by atoms with Crippen LogP contribution in [0.2, 0.25) is 0 Å². The number of hydrogen-bond acceptors (Lipinski definition) is 2. The molecule has 0 unspecified atom stereocenters. The molecule has 4 rings (SSSR count). The summed E-state index contributed by atoms with van der Waals surface area (Å²) in [7, 11) is 0. The third kappa shape index (κ3) is 4.10. The second-order valence-electron chi connectivity index (χ2n) is 7.92. The van der Waals surface area contributed by atoms with E-state index in [0.29, 0.717) is 11.5 Å². The maximum Gasteiger partial charge on any atom is 0.193 e. The molecule has 4 nitrogen and oxygen atoms in total. The van der Waals surface area contributed by atoms with Crippen molar-refractivity contribution in [1.82, 2.24) is 10.2 Å².